The second-order valence-corrected chi connectivity index (χ2v) is 3.70. The maximum atomic E-state index is 9.71. The maximum Gasteiger partial charge on any atom is 0.186 e. The van der Waals surface area contributed by atoms with Crippen LogP contribution in [0.15, 0.2) is 0 Å². The summed E-state index contributed by atoms with van der Waals surface area (Å²) in [5.41, 5.74) is 0. The van der Waals surface area contributed by atoms with E-state index >= 15 is 0 Å². The standard InChI is InChI=1S/C11H22O4/c1-4-7-8(12)9-10(15-9)11(13-5-2)14-6-3/h8-12H,4-7H2,1-3H3/t8-,9-,10-/m1/s1. The van der Waals surface area contributed by atoms with Gasteiger partial charge in [0, 0.05) is 13.2 Å². The molecule has 0 bridgehead atoms. The van der Waals surface area contributed by atoms with Gasteiger partial charge in [-0.25, -0.2) is 0 Å². The molecule has 4 heteroatoms. The Kier molecular flexibility index (Phi) is 5.53. The number of epoxide rings is 1. The van der Waals surface area contributed by atoms with Gasteiger partial charge < -0.3 is 19.3 Å². The summed E-state index contributed by atoms with van der Waals surface area (Å²) in [6.07, 6.45) is 0.827. The van der Waals surface area contributed by atoms with Crippen LogP contribution in [-0.2, 0) is 14.2 Å². The normalized spacial score (nSPS) is 27.0. The molecule has 0 saturated carbocycles. The first-order chi connectivity index (χ1) is 7.24. The van der Waals surface area contributed by atoms with Gasteiger partial charge in [-0.1, -0.05) is 13.3 Å². The van der Waals surface area contributed by atoms with Gasteiger partial charge in [0.2, 0.25) is 0 Å². The Morgan fingerprint density at radius 1 is 1.13 bits per heavy atom. The van der Waals surface area contributed by atoms with Crippen molar-refractivity contribution >= 4 is 0 Å². The van der Waals surface area contributed by atoms with Gasteiger partial charge in [0.25, 0.3) is 0 Å². The van der Waals surface area contributed by atoms with Crippen molar-refractivity contribution in [3.05, 3.63) is 0 Å². The zero-order valence-corrected chi connectivity index (χ0v) is 9.81. The fourth-order valence-electron chi connectivity index (χ4n) is 1.69. The highest BCUT2D eigenvalue weighted by molar-refractivity contribution is 4.93. The SMILES string of the molecule is CCC[C@@H](O)[C@H]1O[C@H]1C(OCC)OCC. The van der Waals surface area contributed by atoms with Crippen molar-refractivity contribution in [3.8, 4) is 0 Å². The van der Waals surface area contributed by atoms with Crippen molar-refractivity contribution in [2.45, 2.75) is 58.2 Å². The lowest BCUT2D eigenvalue weighted by Gasteiger charge is -2.15. The summed E-state index contributed by atoms with van der Waals surface area (Å²) in [6.45, 7) is 7.09. The summed E-state index contributed by atoms with van der Waals surface area (Å²) in [6, 6.07) is 0. The van der Waals surface area contributed by atoms with Crippen LogP contribution in [0.3, 0.4) is 0 Å². The zero-order chi connectivity index (χ0) is 11.3. The van der Waals surface area contributed by atoms with E-state index in [2.05, 4.69) is 0 Å². The highest BCUT2D eigenvalue weighted by Gasteiger charge is 2.50. The summed E-state index contributed by atoms with van der Waals surface area (Å²) >= 11 is 0. The van der Waals surface area contributed by atoms with Gasteiger partial charge in [0.1, 0.15) is 12.2 Å². The summed E-state index contributed by atoms with van der Waals surface area (Å²) in [5.74, 6) is 0. The van der Waals surface area contributed by atoms with Crippen LogP contribution in [0.4, 0.5) is 0 Å². The summed E-state index contributed by atoms with van der Waals surface area (Å²) in [4.78, 5) is 0. The first kappa shape index (κ1) is 12.9. The first-order valence-electron chi connectivity index (χ1n) is 5.81. The Balaban J connectivity index is 2.31. The van der Waals surface area contributed by atoms with Crippen molar-refractivity contribution in [1.29, 1.82) is 0 Å². The van der Waals surface area contributed by atoms with Crippen LogP contribution in [0.25, 0.3) is 0 Å². The second kappa shape index (κ2) is 6.43. The first-order valence-corrected chi connectivity index (χ1v) is 5.81. The highest BCUT2D eigenvalue weighted by atomic mass is 16.7. The van der Waals surface area contributed by atoms with Gasteiger partial charge >= 0.3 is 0 Å². The molecule has 1 heterocycles. The summed E-state index contributed by atoms with van der Waals surface area (Å²) in [7, 11) is 0. The fourth-order valence-corrected chi connectivity index (χ4v) is 1.69. The predicted molar refractivity (Wildman–Crippen MR) is 56.6 cm³/mol. The monoisotopic (exact) mass is 218 g/mol. The van der Waals surface area contributed by atoms with Crippen molar-refractivity contribution < 1.29 is 19.3 Å². The third-order valence-electron chi connectivity index (χ3n) is 2.46. The number of aliphatic hydroxyl groups is 1. The van der Waals surface area contributed by atoms with Gasteiger partial charge in [-0.3, -0.25) is 0 Å². The molecular weight excluding hydrogens is 196 g/mol. The van der Waals surface area contributed by atoms with Gasteiger partial charge in [-0.15, -0.1) is 0 Å². The van der Waals surface area contributed by atoms with E-state index in [0.717, 1.165) is 12.8 Å². The number of hydrogen-bond acceptors (Lipinski definition) is 4. The predicted octanol–water partition coefficient (Wildman–Crippen LogP) is 1.31. The molecule has 0 aromatic rings. The smallest absolute Gasteiger partial charge is 0.186 e. The minimum Gasteiger partial charge on any atom is -0.390 e. The molecule has 1 fully saturated rings. The van der Waals surface area contributed by atoms with Gasteiger partial charge in [0.05, 0.1) is 6.10 Å². The molecule has 0 radical (unpaired) electrons. The maximum absolute atomic E-state index is 9.71. The van der Waals surface area contributed by atoms with Crippen LogP contribution in [0.5, 0.6) is 0 Å². The van der Waals surface area contributed by atoms with Gasteiger partial charge in [0.15, 0.2) is 6.29 Å². The molecule has 1 rings (SSSR count). The minimum absolute atomic E-state index is 0.0913. The molecule has 0 aromatic carbocycles. The summed E-state index contributed by atoms with van der Waals surface area (Å²) < 4.78 is 16.2. The van der Waals surface area contributed by atoms with Crippen molar-refractivity contribution in [1.82, 2.24) is 0 Å². The second-order valence-electron chi connectivity index (χ2n) is 3.70. The van der Waals surface area contributed by atoms with E-state index in [9.17, 15) is 5.11 Å². The van der Waals surface area contributed by atoms with E-state index in [-0.39, 0.29) is 24.6 Å². The largest absolute Gasteiger partial charge is 0.390 e. The molecule has 3 atom stereocenters. The Morgan fingerprint density at radius 3 is 2.20 bits per heavy atom. The average Bonchev–Trinajstić information content (AvgIpc) is 2.97. The molecule has 0 aromatic heterocycles. The number of ether oxygens (including phenoxy) is 3. The molecule has 0 amide bonds. The molecular formula is C11H22O4. The molecule has 1 aliphatic rings. The third kappa shape index (κ3) is 3.72. The van der Waals surface area contributed by atoms with E-state index in [0.29, 0.717) is 13.2 Å². The Hall–Kier alpha value is -0.160. The van der Waals surface area contributed by atoms with Crippen LogP contribution in [0, 0.1) is 0 Å². The van der Waals surface area contributed by atoms with E-state index in [1.807, 2.05) is 20.8 Å². The van der Waals surface area contributed by atoms with Crippen LogP contribution in [-0.4, -0.2) is 42.9 Å². The average molecular weight is 218 g/mol. The lowest BCUT2D eigenvalue weighted by molar-refractivity contribution is -0.147. The molecule has 0 aliphatic carbocycles. The Labute approximate surface area is 91.5 Å². The Bertz CT molecular complexity index is 168. The lowest BCUT2D eigenvalue weighted by Crippen LogP contribution is -2.28. The van der Waals surface area contributed by atoms with Gasteiger partial charge in [-0.2, -0.15) is 0 Å². The molecule has 15 heavy (non-hydrogen) atoms. The molecule has 90 valence electrons. The fraction of sp³-hybridized carbons (Fsp3) is 1.00. The van der Waals surface area contributed by atoms with Crippen LogP contribution < -0.4 is 0 Å². The van der Waals surface area contributed by atoms with E-state index in [1.165, 1.54) is 0 Å². The number of hydrogen-bond donors (Lipinski definition) is 1. The third-order valence-corrected chi connectivity index (χ3v) is 2.46. The topological polar surface area (TPSA) is 51.2 Å². The summed E-state index contributed by atoms with van der Waals surface area (Å²) in [5, 5.41) is 9.71. The minimum atomic E-state index is -0.386. The molecule has 0 unspecified atom stereocenters. The van der Waals surface area contributed by atoms with Crippen molar-refractivity contribution in [3.63, 3.8) is 0 Å². The number of rotatable bonds is 8. The molecule has 0 spiro atoms. The Morgan fingerprint density at radius 2 is 1.73 bits per heavy atom. The lowest BCUT2D eigenvalue weighted by atomic mass is 10.1. The van der Waals surface area contributed by atoms with E-state index in [4.69, 9.17) is 14.2 Å². The quantitative estimate of drug-likeness (QED) is 0.493. The molecule has 1 aliphatic heterocycles. The molecule has 4 nitrogen and oxygen atoms in total. The van der Waals surface area contributed by atoms with E-state index in [1.54, 1.807) is 0 Å². The number of aliphatic hydroxyl groups excluding tert-OH is 1. The zero-order valence-electron chi connectivity index (χ0n) is 9.81. The molecule has 1 N–H and O–H groups in total. The van der Waals surface area contributed by atoms with Crippen LogP contribution in [0.2, 0.25) is 0 Å². The van der Waals surface area contributed by atoms with Crippen LogP contribution >= 0.6 is 0 Å². The van der Waals surface area contributed by atoms with E-state index < -0.39 is 0 Å². The van der Waals surface area contributed by atoms with Crippen molar-refractivity contribution in [2.75, 3.05) is 13.2 Å². The van der Waals surface area contributed by atoms with Crippen LogP contribution in [0.1, 0.15) is 33.6 Å². The molecule has 1 saturated heterocycles. The highest BCUT2D eigenvalue weighted by Crippen LogP contribution is 2.32. The van der Waals surface area contributed by atoms with Gasteiger partial charge in [-0.05, 0) is 20.3 Å². The van der Waals surface area contributed by atoms with Crippen molar-refractivity contribution in [2.24, 2.45) is 0 Å².